The molecule has 5 heteroatoms. The lowest BCUT2D eigenvalue weighted by atomic mass is 10.1. The van der Waals surface area contributed by atoms with Gasteiger partial charge in [0, 0.05) is 34.4 Å². The summed E-state index contributed by atoms with van der Waals surface area (Å²) < 4.78 is 6.01. The lowest BCUT2D eigenvalue weighted by Gasteiger charge is -2.34. The normalized spacial score (nSPS) is 18.0. The van der Waals surface area contributed by atoms with Crippen molar-refractivity contribution in [1.29, 1.82) is 0 Å². The van der Waals surface area contributed by atoms with Gasteiger partial charge in [-0.05, 0) is 25.5 Å². The van der Waals surface area contributed by atoms with Crippen LogP contribution in [0.1, 0.15) is 35.8 Å². The number of benzene rings is 1. The van der Waals surface area contributed by atoms with Gasteiger partial charge < -0.3 is 9.64 Å². The largest absolute Gasteiger partial charge is 0.367 e. The molecule has 1 fully saturated rings. The number of thiazole rings is 1. The molecular formula is C20H23N3OS. The molecule has 0 N–H and O–H groups in total. The number of rotatable bonds is 4. The van der Waals surface area contributed by atoms with E-state index in [1.165, 1.54) is 16.8 Å². The van der Waals surface area contributed by atoms with E-state index in [-0.39, 0.29) is 6.10 Å². The Morgan fingerprint density at radius 2 is 2.16 bits per heavy atom. The molecule has 1 aromatic carbocycles. The molecule has 1 atom stereocenters. The lowest BCUT2D eigenvalue weighted by Crippen LogP contribution is -2.38. The molecule has 4 rings (SSSR count). The standard InChI is InChI=1S/C20H23N3OS/c1-3-6-15-11-18(16-7-4-5-8-17(16)22-15)23-9-10-24-19(12-23)20-21-14(2)13-25-20/h4-5,7-8,11,13,19H,3,6,9-10,12H2,1-2H3. The summed E-state index contributed by atoms with van der Waals surface area (Å²) in [6, 6.07) is 10.7. The number of para-hydroxylation sites is 1. The molecule has 2 aromatic heterocycles. The van der Waals surface area contributed by atoms with E-state index in [0.29, 0.717) is 0 Å². The summed E-state index contributed by atoms with van der Waals surface area (Å²) in [4.78, 5) is 11.9. The van der Waals surface area contributed by atoms with Crippen molar-refractivity contribution in [2.24, 2.45) is 0 Å². The van der Waals surface area contributed by atoms with Crippen LogP contribution < -0.4 is 4.90 Å². The fourth-order valence-corrected chi connectivity index (χ4v) is 4.23. The summed E-state index contributed by atoms with van der Waals surface area (Å²) in [7, 11) is 0. The molecule has 0 spiro atoms. The molecule has 1 aliphatic heterocycles. The lowest BCUT2D eigenvalue weighted by molar-refractivity contribution is 0.0397. The second-order valence-corrected chi connectivity index (χ2v) is 7.42. The van der Waals surface area contributed by atoms with Gasteiger partial charge in [0.25, 0.3) is 0 Å². The summed E-state index contributed by atoms with van der Waals surface area (Å²) in [5.74, 6) is 0. The second kappa shape index (κ2) is 7.10. The first-order valence-electron chi connectivity index (χ1n) is 8.92. The van der Waals surface area contributed by atoms with Gasteiger partial charge in [-0.3, -0.25) is 4.98 Å². The molecule has 4 nitrogen and oxygen atoms in total. The first-order chi connectivity index (χ1) is 12.2. The van der Waals surface area contributed by atoms with Gasteiger partial charge >= 0.3 is 0 Å². The molecule has 3 aromatic rings. The number of ether oxygens (including phenoxy) is 1. The van der Waals surface area contributed by atoms with Crippen LogP contribution in [0.3, 0.4) is 0 Å². The molecule has 3 heterocycles. The van der Waals surface area contributed by atoms with Gasteiger partial charge in [0.05, 0.1) is 18.7 Å². The molecule has 25 heavy (non-hydrogen) atoms. The van der Waals surface area contributed by atoms with Crippen molar-refractivity contribution in [1.82, 2.24) is 9.97 Å². The van der Waals surface area contributed by atoms with E-state index in [0.717, 1.165) is 48.8 Å². The van der Waals surface area contributed by atoms with Gasteiger partial charge in [0.15, 0.2) is 0 Å². The van der Waals surface area contributed by atoms with Gasteiger partial charge in [-0.2, -0.15) is 0 Å². The number of hydrogen-bond acceptors (Lipinski definition) is 5. The third-order valence-corrected chi connectivity index (χ3v) is 5.63. The van der Waals surface area contributed by atoms with Crippen LogP contribution in [0.2, 0.25) is 0 Å². The predicted molar refractivity (Wildman–Crippen MR) is 103 cm³/mol. The van der Waals surface area contributed by atoms with Crippen LogP contribution in [0.15, 0.2) is 35.7 Å². The minimum atomic E-state index is 0.0500. The minimum absolute atomic E-state index is 0.0500. The number of aryl methyl sites for hydroxylation is 2. The van der Waals surface area contributed by atoms with Gasteiger partial charge in [0.1, 0.15) is 11.1 Å². The molecular weight excluding hydrogens is 330 g/mol. The number of nitrogens with zero attached hydrogens (tertiary/aromatic N) is 3. The van der Waals surface area contributed by atoms with Crippen molar-refractivity contribution < 1.29 is 4.74 Å². The number of aromatic nitrogens is 2. The maximum Gasteiger partial charge on any atom is 0.126 e. The number of anilines is 1. The van der Waals surface area contributed by atoms with E-state index in [1.54, 1.807) is 11.3 Å². The first-order valence-corrected chi connectivity index (χ1v) is 9.80. The van der Waals surface area contributed by atoms with Gasteiger partial charge in [-0.25, -0.2) is 4.98 Å². The number of morpholine rings is 1. The van der Waals surface area contributed by atoms with Crippen molar-refractivity contribution in [2.75, 3.05) is 24.6 Å². The monoisotopic (exact) mass is 353 g/mol. The second-order valence-electron chi connectivity index (χ2n) is 6.53. The number of hydrogen-bond donors (Lipinski definition) is 0. The Bertz CT molecular complexity index is 876. The summed E-state index contributed by atoms with van der Waals surface area (Å²) in [6.45, 7) is 6.70. The molecule has 130 valence electrons. The number of fused-ring (bicyclic) bond motifs is 1. The fourth-order valence-electron chi connectivity index (χ4n) is 3.39. The molecule has 0 bridgehead atoms. The first kappa shape index (κ1) is 16.5. The van der Waals surface area contributed by atoms with Crippen LogP contribution >= 0.6 is 11.3 Å². The Hall–Kier alpha value is -1.98. The van der Waals surface area contributed by atoms with Crippen molar-refractivity contribution in [3.63, 3.8) is 0 Å². The van der Waals surface area contributed by atoms with E-state index in [2.05, 4.69) is 52.5 Å². The quantitative estimate of drug-likeness (QED) is 0.691. The Morgan fingerprint density at radius 3 is 2.96 bits per heavy atom. The van der Waals surface area contributed by atoms with E-state index in [4.69, 9.17) is 9.72 Å². The van der Waals surface area contributed by atoms with Crippen LogP contribution in [0, 0.1) is 6.92 Å². The highest BCUT2D eigenvalue weighted by atomic mass is 32.1. The summed E-state index contributed by atoms with van der Waals surface area (Å²) >= 11 is 1.69. The van der Waals surface area contributed by atoms with Crippen molar-refractivity contribution in [3.05, 3.63) is 52.1 Å². The van der Waals surface area contributed by atoms with Crippen molar-refractivity contribution in [3.8, 4) is 0 Å². The Labute approximate surface area is 152 Å². The zero-order valence-corrected chi connectivity index (χ0v) is 15.6. The highest BCUT2D eigenvalue weighted by molar-refractivity contribution is 7.09. The average Bonchev–Trinajstić information content (AvgIpc) is 3.08. The van der Waals surface area contributed by atoms with Gasteiger partial charge in [-0.1, -0.05) is 31.5 Å². The fraction of sp³-hybridized carbons (Fsp3) is 0.400. The van der Waals surface area contributed by atoms with Crippen LogP contribution in [0.5, 0.6) is 0 Å². The highest BCUT2D eigenvalue weighted by Gasteiger charge is 2.25. The van der Waals surface area contributed by atoms with Crippen LogP contribution in [-0.4, -0.2) is 29.7 Å². The third-order valence-electron chi connectivity index (χ3n) is 4.57. The average molecular weight is 353 g/mol. The summed E-state index contributed by atoms with van der Waals surface area (Å²) in [5, 5.41) is 4.39. The van der Waals surface area contributed by atoms with E-state index in [1.807, 2.05) is 6.92 Å². The smallest absolute Gasteiger partial charge is 0.126 e. The molecule has 0 amide bonds. The highest BCUT2D eigenvalue weighted by Crippen LogP contribution is 2.32. The maximum absolute atomic E-state index is 6.01. The van der Waals surface area contributed by atoms with E-state index < -0.39 is 0 Å². The molecule has 1 unspecified atom stereocenters. The predicted octanol–water partition coefficient (Wildman–Crippen LogP) is 4.53. The maximum atomic E-state index is 6.01. The zero-order valence-electron chi connectivity index (χ0n) is 14.7. The Balaban J connectivity index is 1.70. The molecule has 0 aliphatic carbocycles. The van der Waals surface area contributed by atoms with E-state index >= 15 is 0 Å². The Morgan fingerprint density at radius 1 is 1.28 bits per heavy atom. The number of pyridine rings is 1. The van der Waals surface area contributed by atoms with Crippen molar-refractivity contribution >= 4 is 27.9 Å². The topological polar surface area (TPSA) is 38.2 Å². The molecule has 1 saturated heterocycles. The molecule has 0 radical (unpaired) electrons. The summed E-state index contributed by atoms with van der Waals surface area (Å²) in [6.07, 6.45) is 2.17. The van der Waals surface area contributed by atoms with Crippen molar-refractivity contribution in [2.45, 2.75) is 32.8 Å². The Kier molecular flexibility index (Phi) is 4.68. The van der Waals surface area contributed by atoms with Gasteiger partial charge in [0.2, 0.25) is 0 Å². The summed E-state index contributed by atoms with van der Waals surface area (Å²) in [5.41, 5.74) is 4.59. The molecule has 0 saturated carbocycles. The SMILES string of the molecule is CCCc1cc(N2CCOC(c3nc(C)cs3)C2)c2ccccc2n1. The van der Waals surface area contributed by atoms with Gasteiger partial charge in [-0.15, -0.1) is 11.3 Å². The van der Waals surface area contributed by atoms with Crippen LogP contribution in [-0.2, 0) is 11.2 Å². The third kappa shape index (κ3) is 3.39. The van der Waals surface area contributed by atoms with Crippen LogP contribution in [0.25, 0.3) is 10.9 Å². The minimum Gasteiger partial charge on any atom is -0.367 e. The van der Waals surface area contributed by atoms with Crippen LogP contribution in [0.4, 0.5) is 5.69 Å². The molecule has 1 aliphatic rings. The van der Waals surface area contributed by atoms with E-state index in [9.17, 15) is 0 Å². The zero-order chi connectivity index (χ0) is 17.2.